The van der Waals surface area contributed by atoms with Crippen LogP contribution < -0.4 is 5.32 Å². The molecule has 3 nitrogen and oxygen atoms in total. The molecule has 1 unspecified atom stereocenters. The summed E-state index contributed by atoms with van der Waals surface area (Å²) in [7, 11) is 0. The van der Waals surface area contributed by atoms with Crippen LogP contribution in [0.5, 0.6) is 0 Å². The highest BCUT2D eigenvalue weighted by molar-refractivity contribution is 6.30. The Morgan fingerprint density at radius 1 is 1.25 bits per heavy atom. The van der Waals surface area contributed by atoms with Crippen molar-refractivity contribution in [3.63, 3.8) is 0 Å². The molecular weight excluding hydrogens is 270 g/mol. The Hall–Kier alpha value is -1.32. The highest BCUT2D eigenvalue weighted by atomic mass is 35.5. The van der Waals surface area contributed by atoms with Crippen molar-refractivity contribution in [2.24, 2.45) is 0 Å². The van der Waals surface area contributed by atoms with Crippen LogP contribution in [-0.2, 0) is 6.54 Å². The minimum atomic E-state index is 0.340. The van der Waals surface area contributed by atoms with Crippen LogP contribution in [0.4, 0.5) is 0 Å². The van der Waals surface area contributed by atoms with Gasteiger partial charge in [0, 0.05) is 23.3 Å². The molecule has 1 heterocycles. The molecule has 1 aromatic heterocycles. The molecule has 0 amide bonds. The van der Waals surface area contributed by atoms with Crippen molar-refractivity contribution in [3.8, 4) is 0 Å². The van der Waals surface area contributed by atoms with E-state index >= 15 is 0 Å². The first-order chi connectivity index (χ1) is 9.56. The molecule has 0 fully saturated rings. The van der Waals surface area contributed by atoms with Crippen LogP contribution in [0.15, 0.2) is 30.3 Å². The summed E-state index contributed by atoms with van der Waals surface area (Å²) in [5, 5.41) is 8.78. The first kappa shape index (κ1) is 15.1. The summed E-state index contributed by atoms with van der Waals surface area (Å²) in [5.41, 5.74) is 3.58. The Kier molecular flexibility index (Phi) is 5.21. The third kappa shape index (κ3) is 4.09. The predicted octanol–water partition coefficient (Wildman–Crippen LogP) is 3.89. The maximum absolute atomic E-state index is 5.90. The lowest BCUT2D eigenvalue weighted by molar-refractivity contribution is 0.500. The minimum Gasteiger partial charge on any atom is -0.310 e. The molecular formula is C16H22ClN3. The third-order valence-corrected chi connectivity index (χ3v) is 3.72. The van der Waals surface area contributed by atoms with E-state index in [2.05, 4.69) is 47.1 Å². The quantitative estimate of drug-likeness (QED) is 0.818. The topological polar surface area (TPSA) is 29.9 Å². The number of nitrogens with one attached hydrogen (secondary N) is 1. The van der Waals surface area contributed by atoms with Gasteiger partial charge in [-0.1, -0.05) is 23.7 Å². The van der Waals surface area contributed by atoms with Gasteiger partial charge in [-0.2, -0.15) is 5.10 Å². The molecule has 0 aliphatic rings. The van der Waals surface area contributed by atoms with Gasteiger partial charge in [-0.05, 0) is 57.5 Å². The first-order valence-corrected chi connectivity index (χ1v) is 7.44. The van der Waals surface area contributed by atoms with Crippen LogP contribution in [0.1, 0.15) is 36.3 Å². The molecule has 0 spiro atoms. The summed E-state index contributed by atoms with van der Waals surface area (Å²) < 4.78 is 2.07. The zero-order valence-electron chi connectivity index (χ0n) is 12.4. The Bertz CT molecular complexity index is 545. The average Bonchev–Trinajstić information content (AvgIpc) is 2.73. The zero-order chi connectivity index (χ0) is 14.5. The standard InChI is InChI=1S/C16H22ClN3/c1-12-11-13(2)20(19-12)10-4-9-18-14(3)15-5-7-16(17)8-6-15/h5-8,11,14,18H,4,9-10H2,1-3H3. The van der Waals surface area contributed by atoms with Gasteiger partial charge in [0.1, 0.15) is 0 Å². The van der Waals surface area contributed by atoms with Gasteiger partial charge in [-0.15, -0.1) is 0 Å². The molecule has 0 radical (unpaired) electrons. The summed E-state index contributed by atoms with van der Waals surface area (Å²) >= 11 is 5.90. The molecule has 20 heavy (non-hydrogen) atoms. The smallest absolute Gasteiger partial charge is 0.0596 e. The third-order valence-electron chi connectivity index (χ3n) is 3.47. The van der Waals surface area contributed by atoms with Gasteiger partial charge >= 0.3 is 0 Å². The molecule has 2 aromatic rings. The van der Waals surface area contributed by atoms with Crippen molar-refractivity contribution in [3.05, 3.63) is 52.3 Å². The number of benzene rings is 1. The van der Waals surface area contributed by atoms with E-state index in [4.69, 9.17) is 11.6 Å². The highest BCUT2D eigenvalue weighted by Crippen LogP contribution is 2.15. The van der Waals surface area contributed by atoms with Gasteiger partial charge < -0.3 is 5.32 Å². The lowest BCUT2D eigenvalue weighted by atomic mass is 10.1. The monoisotopic (exact) mass is 291 g/mol. The van der Waals surface area contributed by atoms with Gasteiger partial charge in [-0.3, -0.25) is 4.68 Å². The van der Waals surface area contributed by atoms with Crippen LogP contribution in [0.2, 0.25) is 5.02 Å². The fraction of sp³-hybridized carbons (Fsp3) is 0.438. The second kappa shape index (κ2) is 6.91. The summed E-state index contributed by atoms with van der Waals surface area (Å²) in [6.45, 7) is 8.24. The molecule has 2 rings (SSSR count). The van der Waals surface area contributed by atoms with Gasteiger partial charge in [0.2, 0.25) is 0 Å². The number of halogens is 1. The van der Waals surface area contributed by atoms with E-state index in [-0.39, 0.29) is 0 Å². The van der Waals surface area contributed by atoms with E-state index in [1.807, 2.05) is 19.1 Å². The number of rotatable bonds is 6. The Labute approximate surface area is 126 Å². The molecule has 0 bridgehead atoms. The summed E-state index contributed by atoms with van der Waals surface area (Å²) in [4.78, 5) is 0. The Balaban J connectivity index is 1.75. The zero-order valence-corrected chi connectivity index (χ0v) is 13.1. The maximum atomic E-state index is 5.90. The Morgan fingerprint density at radius 3 is 2.55 bits per heavy atom. The van der Waals surface area contributed by atoms with Crippen molar-refractivity contribution in [2.45, 2.75) is 39.8 Å². The second-order valence-electron chi connectivity index (χ2n) is 5.23. The van der Waals surface area contributed by atoms with Crippen LogP contribution in [0, 0.1) is 13.8 Å². The molecule has 108 valence electrons. The number of aromatic nitrogens is 2. The van der Waals surface area contributed by atoms with E-state index in [1.54, 1.807) is 0 Å². The summed E-state index contributed by atoms with van der Waals surface area (Å²) in [6.07, 6.45) is 1.07. The Morgan fingerprint density at radius 2 is 1.95 bits per heavy atom. The highest BCUT2D eigenvalue weighted by Gasteiger charge is 2.05. The van der Waals surface area contributed by atoms with Crippen LogP contribution >= 0.6 is 11.6 Å². The van der Waals surface area contributed by atoms with Gasteiger partial charge in [-0.25, -0.2) is 0 Å². The van der Waals surface area contributed by atoms with E-state index in [0.29, 0.717) is 6.04 Å². The fourth-order valence-corrected chi connectivity index (χ4v) is 2.44. The molecule has 0 aliphatic heterocycles. The van der Waals surface area contributed by atoms with Crippen LogP contribution in [0.3, 0.4) is 0 Å². The van der Waals surface area contributed by atoms with Gasteiger partial charge in [0.05, 0.1) is 5.69 Å². The van der Waals surface area contributed by atoms with Crippen molar-refractivity contribution >= 4 is 11.6 Å². The van der Waals surface area contributed by atoms with Gasteiger partial charge in [0.25, 0.3) is 0 Å². The average molecular weight is 292 g/mol. The van der Waals surface area contributed by atoms with E-state index in [0.717, 1.165) is 30.2 Å². The van der Waals surface area contributed by atoms with E-state index in [1.165, 1.54) is 11.3 Å². The minimum absolute atomic E-state index is 0.340. The number of nitrogens with zero attached hydrogens (tertiary/aromatic N) is 2. The SMILES string of the molecule is Cc1cc(C)n(CCCNC(C)c2ccc(Cl)cc2)n1. The lowest BCUT2D eigenvalue weighted by Gasteiger charge is -2.14. The maximum Gasteiger partial charge on any atom is 0.0596 e. The van der Waals surface area contributed by atoms with E-state index < -0.39 is 0 Å². The molecule has 1 atom stereocenters. The number of aryl methyl sites for hydroxylation is 3. The summed E-state index contributed by atoms with van der Waals surface area (Å²) in [5.74, 6) is 0. The van der Waals surface area contributed by atoms with Crippen molar-refractivity contribution < 1.29 is 0 Å². The van der Waals surface area contributed by atoms with Crippen LogP contribution in [0.25, 0.3) is 0 Å². The van der Waals surface area contributed by atoms with Crippen molar-refractivity contribution in [1.29, 1.82) is 0 Å². The largest absolute Gasteiger partial charge is 0.310 e. The molecule has 1 aromatic carbocycles. The lowest BCUT2D eigenvalue weighted by Crippen LogP contribution is -2.21. The number of hydrogen-bond donors (Lipinski definition) is 1. The second-order valence-corrected chi connectivity index (χ2v) is 5.67. The first-order valence-electron chi connectivity index (χ1n) is 7.06. The molecule has 1 N–H and O–H groups in total. The van der Waals surface area contributed by atoms with Crippen molar-refractivity contribution in [2.75, 3.05) is 6.54 Å². The number of hydrogen-bond acceptors (Lipinski definition) is 2. The molecule has 0 saturated heterocycles. The molecule has 0 aliphatic carbocycles. The molecule has 0 saturated carbocycles. The van der Waals surface area contributed by atoms with Gasteiger partial charge in [0.15, 0.2) is 0 Å². The fourth-order valence-electron chi connectivity index (χ4n) is 2.32. The normalized spacial score (nSPS) is 12.6. The predicted molar refractivity (Wildman–Crippen MR) is 84.2 cm³/mol. The van der Waals surface area contributed by atoms with E-state index in [9.17, 15) is 0 Å². The van der Waals surface area contributed by atoms with Crippen LogP contribution in [-0.4, -0.2) is 16.3 Å². The summed E-state index contributed by atoms with van der Waals surface area (Å²) in [6, 6.07) is 10.5. The molecule has 4 heteroatoms. The van der Waals surface area contributed by atoms with Crippen molar-refractivity contribution in [1.82, 2.24) is 15.1 Å².